The maximum atomic E-state index is 9.16. The molecule has 0 fully saturated rings. The van der Waals surface area contributed by atoms with E-state index in [1.807, 2.05) is 6.92 Å². The fourth-order valence-electron chi connectivity index (χ4n) is 2.91. The van der Waals surface area contributed by atoms with E-state index < -0.39 is 6.23 Å². The van der Waals surface area contributed by atoms with Crippen LogP contribution in [-0.4, -0.2) is 22.5 Å². The molecular formula is C19H41NO2. The fraction of sp³-hybridized carbons (Fsp3) is 1.00. The Morgan fingerprint density at radius 2 is 0.818 bits per heavy atom. The Morgan fingerprint density at radius 3 is 1.09 bits per heavy atom. The zero-order chi connectivity index (χ0) is 16.5. The lowest BCUT2D eigenvalue weighted by Crippen LogP contribution is -2.17. The molecule has 3 heteroatoms. The van der Waals surface area contributed by atoms with Crippen LogP contribution in [0.15, 0.2) is 0 Å². The van der Waals surface area contributed by atoms with Gasteiger partial charge in [0.1, 0.15) is 6.23 Å². The van der Waals surface area contributed by atoms with E-state index in [0.29, 0.717) is 0 Å². The highest BCUT2D eigenvalue weighted by Gasteiger charge is 1.97. The molecule has 0 saturated carbocycles. The first-order valence-corrected chi connectivity index (χ1v) is 9.74. The van der Waals surface area contributed by atoms with Crippen LogP contribution in [0.1, 0.15) is 110 Å². The fourth-order valence-corrected chi connectivity index (χ4v) is 2.91. The van der Waals surface area contributed by atoms with E-state index in [4.69, 9.17) is 15.9 Å². The minimum absolute atomic E-state index is 0.118. The van der Waals surface area contributed by atoms with E-state index >= 15 is 0 Å². The number of hydrogen-bond donors (Lipinski definition) is 3. The van der Waals surface area contributed by atoms with E-state index in [2.05, 4.69) is 0 Å². The predicted octanol–water partition coefficient (Wildman–Crippen LogP) is 4.89. The van der Waals surface area contributed by atoms with E-state index in [9.17, 15) is 0 Å². The Kier molecular flexibility index (Phi) is 17.1. The first-order valence-electron chi connectivity index (χ1n) is 9.74. The van der Waals surface area contributed by atoms with Crippen LogP contribution < -0.4 is 5.73 Å². The number of aliphatic hydroxyl groups is 2. The van der Waals surface area contributed by atoms with Gasteiger partial charge in [0.25, 0.3) is 0 Å². The zero-order valence-electron chi connectivity index (χ0n) is 14.9. The van der Waals surface area contributed by atoms with Crippen molar-refractivity contribution in [1.29, 1.82) is 0 Å². The van der Waals surface area contributed by atoms with Gasteiger partial charge < -0.3 is 15.9 Å². The SMILES string of the molecule is CC(O)CCCCCCCCCCCCCCCCC(N)O. The molecule has 0 heterocycles. The maximum absolute atomic E-state index is 9.16. The second kappa shape index (κ2) is 17.2. The summed E-state index contributed by atoms with van der Waals surface area (Å²) < 4.78 is 0. The molecule has 0 rings (SSSR count). The van der Waals surface area contributed by atoms with E-state index in [-0.39, 0.29) is 6.10 Å². The lowest BCUT2D eigenvalue weighted by molar-refractivity contribution is 0.168. The Hall–Kier alpha value is -0.120. The van der Waals surface area contributed by atoms with Crippen LogP contribution in [0.4, 0.5) is 0 Å². The molecular weight excluding hydrogens is 274 g/mol. The van der Waals surface area contributed by atoms with E-state index in [1.54, 1.807) is 0 Å². The molecule has 0 spiro atoms. The molecule has 0 saturated heterocycles. The average molecular weight is 316 g/mol. The third-order valence-corrected chi connectivity index (χ3v) is 4.37. The van der Waals surface area contributed by atoms with Crippen LogP contribution in [0, 0.1) is 0 Å². The van der Waals surface area contributed by atoms with Gasteiger partial charge >= 0.3 is 0 Å². The molecule has 4 N–H and O–H groups in total. The van der Waals surface area contributed by atoms with Crippen molar-refractivity contribution in [3.63, 3.8) is 0 Å². The second-order valence-corrected chi connectivity index (χ2v) is 6.94. The first kappa shape index (κ1) is 21.9. The molecule has 0 aliphatic carbocycles. The highest BCUT2D eigenvalue weighted by Crippen LogP contribution is 2.14. The molecule has 2 atom stereocenters. The topological polar surface area (TPSA) is 66.5 Å². The summed E-state index contributed by atoms with van der Waals surface area (Å²) in [4.78, 5) is 0. The van der Waals surface area contributed by atoms with Crippen molar-refractivity contribution in [1.82, 2.24) is 0 Å². The van der Waals surface area contributed by atoms with Gasteiger partial charge in [0.15, 0.2) is 0 Å². The van der Waals surface area contributed by atoms with Gasteiger partial charge in [0, 0.05) is 0 Å². The van der Waals surface area contributed by atoms with Crippen molar-refractivity contribution in [3.05, 3.63) is 0 Å². The van der Waals surface area contributed by atoms with Gasteiger partial charge in [-0.2, -0.15) is 0 Å². The summed E-state index contributed by atoms with van der Waals surface area (Å²) in [6.45, 7) is 1.88. The molecule has 0 aliphatic heterocycles. The monoisotopic (exact) mass is 315 g/mol. The van der Waals surface area contributed by atoms with Crippen LogP contribution in [0.5, 0.6) is 0 Å². The summed E-state index contributed by atoms with van der Waals surface area (Å²) in [5.41, 5.74) is 5.30. The lowest BCUT2D eigenvalue weighted by Gasteiger charge is -2.05. The van der Waals surface area contributed by atoms with Crippen molar-refractivity contribution in [2.45, 2.75) is 122 Å². The largest absolute Gasteiger partial charge is 0.393 e. The molecule has 2 unspecified atom stereocenters. The molecule has 0 aromatic carbocycles. The number of rotatable bonds is 17. The lowest BCUT2D eigenvalue weighted by atomic mass is 10.0. The third kappa shape index (κ3) is 19.9. The van der Waals surface area contributed by atoms with Crippen LogP contribution in [0.3, 0.4) is 0 Å². The van der Waals surface area contributed by atoms with Crippen molar-refractivity contribution >= 4 is 0 Å². The Bertz CT molecular complexity index is 186. The molecule has 0 radical (unpaired) electrons. The van der Waals surface area contributed by atoms with Crippen LogP contribution in [-0.2, 0) is 0 Å². The molecule has 0 amide bonds. The standard InChI is InChI=1S/C19H41NO2/c1-18(21)16-14-12-10-8-6-4-2-3-5-7-9-11-13-15-17-19(20)22/h18-19,21-22H,2-17,20H2,1H3. The molecule has 0 aliphatic rings. The second-order valence-electron chi connectivity index (χ2n) is 6.94. The Labute approximate surface area is 138 Å². The van der Waals surface area contributed by atoms with E-state index in [1.165, 1.54) is 83.5 Å². The summed E-state index contributed by atoms with van der Waals surface area (Å²) in [5, 5.41) is 18.1. The van der Waals surface area contributed by atoms with Gasteiger partial charge in [-0.25, -0.2) is 0 Å². The van der Waals surface area contributed by atoms with Gasteiger partial charge in [-0.15, -0.1) is 0 Å². The Morgan fingerprint density at radius 1 is 0.545 bits per heavy atom. The molecule has 3 nitrogen and oxygen atoms in total. The van der Waals surface area contributed by atoms with E-state index in [0.717, 1.165) is 19.3 Å². The number of nitrogens with two attached hydrogens (primary N) is 1. The predicted molar refractivity (Wildman–Crippen MR) is 95.7 cm³/mol. The van der Waals surface area contributed by atoms with Crippen molar-refractivity contribution in [2.24, 2.45) is 5.73 Å². The van der Waals surface area contributed by atoms with Gasteiger partial charge in [0.05, 0.1) is 6.10 Å². The van der Waals surface area contributed by atoms with Gasteiger partial charge in [-0.3, -0.25) is 0 Å². The normalized spacial score (nSPS) is 14.2. The minimum Gasteiger partial charge on any atom is -0.393 e. The number of unbranched alkanes of at least 4 members (excludes halogenated alkanes) is 13. The quantitative estimate of drug-likeness (QED) is 0.264. The highest BCUT2D eigenvalue weighted by molar-refractivity contribution is 4.52. The summed E-state index contributed by atoms with van der Waals surface area (Å²) in [7, 11) is 0. The first-order chi connectivity index (χ1) is 10.6. The summed E-state index contributed by atoms with van der Waals surface area (Å²) in [6, 6.07) is 0. The summed E-state index contributed by atoms with van der Waals surface area (Å²) >= 11 is 0. The summed E-state index contributed by atoms with van der Waals surface area (Å²) in [5.74, 6) is 0. The van der Waals surface area contributed by atoms with Crippen molar-refractivity contribution in [2.75, 3.05) is 0 Å². The minimum atomic E-state index is -0.613. The van der Waals surface area contributed by atoms with Crippen LogP contribution >= 0.6 is 0 Å². The van der Waals surface area contributed by atoms with Crippen molar-refractivity contribution in [3.8, 4) is 0 Å². The van der Waals surface area contributed by atoms with Gasteiger partial charge in [-0.1, -0.05) is 83.5 Å². The third-order valence-electron chi connectivity index (χ3n) is 4.37. The average Bonchev–Trinajstić information content (AvgIpc) is 2.46. The summed E-state index contributed by atoms with van der Waals surface area (Å²) in [6.07, 6.45) is 19.4. The molecule has 0 bridgehead atoms. The van der Waals surface area contributed by atoms with Gasteiger partial charge in [0.2, 0.25) is 0 Å². The maximum Gasteiger partial charge on any atom is 0.102 e. The molecule has 22 heavy (non-hydrogen) atoms. The molecule has 0 aromatic rings. The zero-order valence-corrected chi connectivity index (χ0v) is 14.9. The molecule has 0 aromatic heterocycles. The van der Waals surface area contributed by atoms with Crippen molar-refractivity contribution < 1.29 is 10.2 Å². The Balaban J connectivity index is 2.97. The number of aliphatic hydroxyl groups excluding tert-OH is 2. The van der Waals surface area contributed by atoms with Crippen LogP contribution in [0.25, 0.3) is 0 Å². The number of hydrogen-bond acceptors (Lipinski definition) is 3. The van der Waals surface area contributed by atoms with Gasteiger partial charge in [-0.05, 0) is 26.2 Å². The smallest absolute Gasteiger partial charge is 0.102 e. The highest BCUT2D eigenvalue weighted by atomic mass is 16.3. The van der Waals surface area contributed by atoms with Crippen LogP contribution in [0.2, 0.25) is 0 Å². The molecule has 134 valence electrons.